The van der Waals surface area contributed by atoms with Gasteiger partial charge in [0.1, 0.15) is 0 Å². The lowest BCUT2D eigenvalue weighted by molar-refractivity contribution is 0.151. The maximum Gasteiger partial charge on any atom is 0.263 e. The highest BCUT2D eigenvalue weighted by molar-refractivity contribution is 5.82. The lowest BCUT2D eigenvalue weighted by Gasteiger charge is -2.15. The summed E-state index contributed by atoms with van der Waals surface area (Å²) in [5.41, 5.74) is 3.42. The number of hydrogen-bond donors (Lipinski definition) is 1. The van der Waals surface area contributed by atoms with E-state index >= 15 is 0 Å². The molecule has 1 N–H and O–H groups in total. The summed E-state index contributed by atoms with van der Waals surface area (Å²) in [6, 6.07) is 14.7. The first-order chi connectivity index (χ1) is 11.6. The fourth-order valence-electron chi connectivity index (χ4n) is 2.76. The SMILES string of the molecule is CN(C/C=C/c1ccc(C(F)F)cc1)Cc1cccc2cc[nH]c12. The average molecular weight is 326 g/mol. The van der Waals surface area contributed by atoms with Crippen LogP contribution in [0.2, 0.25) is 0 Å². The number of aromatic nitrogens is 1. The van der Waals surface area contributed by atoms with Gasteiger partial charge in [-0.2, -0.15) is 0 Å². The van der Waals surface area contributed by atoms with Crippen LogP contribution in [0, 0.1) is 0 Å². The summed E-state index contributed by atoms with van der Waals surface area (Å²) in [7, 11) is 2.06. The van der Waals surface area contributed by atoms with Crippen LogP contribution in [-0.4, -0.2) is 23.5 Å². The van der Waals surface area contributed by atoms with E-state index in [1.165, 1.54) is 28.6 Å². The van der Waals surface area contributed by atoms with E-state index in [4.69, 9.17) is 0 Å². The van der Waals surface area contributed by atoms with Gasteiger partial charge in [-0.15, -0.1) is 0 Å². The van der Waals surface area contributed by atoms with Gasteiger partial charge in [0, 0.05) is 30.4 Å². The number of H-pyrrole nitrogens is 1. The van der Waals surface area contributed by atoms with E-state index in [1.807, 2.05) is 18.3 Å². The molecule has 1 aromatic heterocycles. The number of nitrogens with zero attached hydrogens (tertiary/aromatic N) is 1. The van der Waals surface area contributed by atoms with Crippen LogP contribution in [0.25, 0.3) is 17.0 Å². The van der Waals surface area contributed by atoms with Crippen LogP contribution in [0.5, 0.6) is 0 Å². The number of para-hydroxylation sites is 1. The molecule has 2 aromatic carbocycles. The molecule has 24 heavy (non-hydrogen) atoms. The van der Waals surface area contributed by atoms with E-state index in [0.717, 1.165) is 18.7 Å². The molecule has 4 heteroatoms. The summed E-state index contributed by atoms with van der Waals surface area (Å²) in [6.07, 6.45) is 3.55. The average Bonchev–Trinajstić information content (AvgIpc) is 3.05. The number of benzene rings is 2. The highest BCUT2D eigenvalue weighted by atomic mass is 19.3. The van der Waals surface area contributed by atoms with Crippen molar-refractivity contribution in [2.24, 2.45) is 0 Å². The largest absolute Gasteiger partial charge is 0.361 e. The second-order valence-corrected chi connectivity index (χ2v) is 5.93. The molecule has 1 heterocycles. The Morgan fingerprint density at radius 1 is 1.08 bits per heavy atom. The number of likely N-dealkylation sites (N-methyl/N-ethyl adjacent to an activating group) is 1. The van der Waals surface area contributed by atoms with Gasteiger partial charge in [0.25, 0.3) is 6.43 Å². The Hall–Kier alpha value is -2.46. The molecule has 0 amide bonds. The van der Waals surface area contributed by atoms with Gasteiger partial charge in [0.2, 0.25) is 0 Å². The topological polar surface area (TPSA) is 19.0 Å². The molecule has 0 saturated carbocycles. The van der Waals surface area contributed by atoms with Crippen LogP contribution in [0.4, 0.5) is 8.78 Å². The molecule has 3 aromatic rings. The van der Waals surface area contributed by atoms with Crippen molar-refractivity contribution in [1.29, 1.82) is 0 Å². The highest BCUT2D eigenvalue weighted by Crippen LogP contribution is 2.20. The van der Waals surface area contributed by atoms with Crippen LogP contribution in [-0.2, 0) is 6.54 Å². The van der Waals surface area contributed by atoms with Crippen LogP contribution in [0.1, 0.15) is 23.1 Å². The predicted molar refractivity (Wildman–Crippen MR) is 95.1 cm³/mol. The lowest BCUT2D eigenvalue weighted by atomic mass is 10.1. The van der Waals surface area contributed by atoms with Gasteiger partial charge in [-0.25, -0.2) is 8.78 Å². The summed E-state index contributed by atoms with van der Waals surface area (Å²) in [4.78, 5) is 5.49. The number of aromatic amines is 1. The molecule has 0 aliphatic heterocycles. The van der Waals surface area contributed by atoms with Crippen molar-refractivity contribution >= 4 is 17.0 Å². The summed E-state index contributed by atoms with van der Waals surface area (Å²) in [5, 5.41) is 1.22. The zero-order valence-electron chi connectivity index (χ0n) is 13.5. The molecule has 0 saturated heterocycles. The molecule has 0 bridgehead atoms. The first kappa shape index (κ1) is 16.4. The Bertz CT molecular complexity index is 819. The van der Waals surface area contributed by atoms with E-state index in [9.17, 15) is 8.78 Å². The molecule has 124 valence electrons. The number of nitrogens with one attached hydrogen (secondary N) is 1. The molecule has 0 spiro atoms. The molecule has 2 nitrogen and oxygen atoms in total. The first-order valence-corrected chi connectivity index (χ1v) is 7.91. The second-order valence-electron chi connectivity index (χ2n) is 5.93. The molecule has 0 unspecified atom stereocenters. The maximum absolute atomic E-state index is 12.5. The molecule has 0 aliphatic rings. The fourth-order valence-corrected chi connectivity index (χ4v) is 2.76. The first-order valence-electron chi connectivity index (χ1n) is 7.91. The lowest BCUT2D eigenvalue weighted by Crippen LogP contribution is -2.17. The number of rotatable bonds is 6. The molecule has 0 radical (unpaired) electrons. The third kappa shape index (κ3) is 3.89. The number of halogens is 2. The Kier molecular flexibility index (Phi) is 5.06. The summed E-state index contributed by atoms with van der Waals surface area (Å²) >= 11 is 0. The Labute approximate surface area is 140 Å². The van der Waals surface area contributed by atoms with Crippen LogP contribution >= 0.6 is 0 Å². The van der Waals surface area contributed by atoms with E-state index < -0.39 is 6.43 Å². The summed E-state index contributed by atoms with van der Waals surface area (Å²) < 4.78 is 25.0. The van der Waals surface area contributed by atoms with E-state index in [2.05, 4.69) is 41.2 Å². The summed E-state index contributed by atoms with van der Waals surface area (Å²) in [6.45, 7) is 1.63. The number of alkyl halides is 2. The number of hydrogen-bond acceptors (Lipinski definition) is 1. The van der Waals surface area contributed by atoms with Gasteiger partial charge < -0.3 is 4.98 Å². The van der Waals surface area contributed by atoms with Gasteiger partial charge in [-0.1, -0.05) is 54.6 Å². The predicted octanol–water partition coefficient (Wildman–Crippen LogP) is 5.25. The van der Waals surface area contributed by atoms with Crippen molar-refractivity contribution in [2.45, 2.75) is 13.0 Å². The quantitative estimate of drug-likeness (QED) is 0.655. The van der Waals surface area contributed by atoms with Crippen molar-refractivity contribution in [2.75, 3.05) is 13.6 Å². The standard InChI is InChI=1S/C20H20F2N2/c1-24(14-18-6-2-5-16-11-12-23-19(16)18)13-3-4-15-7-9-17(10-8-15)20(21)22/h2-12,20,23H,13-14H2,1H3/b4-3+. The Morgan fingerprint density at radius 3 is 2.62 bits per heavy atom. The van der Waals surface area contributed by atoms with Gasteiger partial charge in [-0.3, -0.25) is 4.90 Å². The molecule has 0 aliphatic carbocycles. The van der Waals surface area contributed by atoms with Crippen LogP contribution in [0.15, 0.2) is 60.8 Å². The van der Waals surface area contributed by atoms with Crippen molar-refractivity contribution in [3.8, 4) is 0 Å². The van der Waals surface area contributed by atoms with E-state index in [-0.39, 0.29) is 5.56 Å². The highest BCUT2D eigenvalue weighted by Gasteiger charge is 2.05. The third-order valence-corrected chi connectivity index (χ3v) is 4.03. The molecular formula is C20H20F2N2. The molecule has 3 rings (SSSR count). The minimum Gasteiger partial charge on any atom is -0.361 e. The van der Waals surface area contributed by atoms with Gasteiger partial charge in [-0.05, 0) is 29.6 Å². The Balaban J connectivity index is 1.59. The van der Waals surface area contributed by atoms with Crippen LogP contribution < -0.4 is 0 Å². The zero-order chi connectivity index (χ0) is 16.9. The second kappa shape index (κ2) is 7.41. The smallest absolute Gasteiger partial charge is 0.263 e. The van der Waals surface area contributed by atoms with Crippen molar-refractivity contribution in [1.82, 2.24) is 9.88 Å². The van der Waals surface area contributed by atoms with Crippen molar-refractivity contribution in [3.63, 3.8) is 0 Å². The Morgan fingerprint density at radius 2 is 1.88 bits per heavy atom. The minimum atomic E-state index is -2.41. The van der Waals surface area contributed by atoms with Gasteiger partial charge in [0.05, 0.1) is 0 Å². The molecule has 0 fully saturated rings. The minimum absolute atomic E-state index is 0.0586. The van der Waals surface area contributed by atoms with Crippen LogP contribution in [0.3, 0.4) is 0 Å². The van der Waals surface area contributed by atoms with Crippen molar-refractivity contribution in [3.05, 3.63) is 77.5 Å². The van der Waals surface area contributed by atoms with Gasteiger partial charge in [0.15, 0.2) is 0 Å². The summed E-state index contributed by atoms with van der Waals surface area (Å²) in [5.74, 6) is 0. The normalized spacial score (nSPS) is 12.0. The zero-order valence-corrected chi connectivity index (χ0v) is 13.5. The fraction of sp³-hybridized carbons (Fsp3) is 0.200. The van der Waals surface area contributed by atoms with Crippen molar-refractivity contribution < 1.29 is 8.78 Å². The monoisotopic (exact) mass is 326 g/mol. The maximum atomic E-state index is 12.5. The van der Waals surface area contributed by atoms with Gasteiger partial charge >= 0.3 is 0 Å². The molecular weight excluding hydrogens is 306 g/mol. The number of fused-ring (bicyclic) bond motifs is 1. The third-order valence-electron chi connectivity index (χ3n) is 4.03. The van der Waals surface area contributed by atoms with E-state index in [1.54, 1.807) is 12.1 Å². The molecule has 0 atom stereocenters. The van der Waals surface area contributed by atoms with E-state index in [0.29, 0.717) is 0 Å².